The lowest BCUT2D eigenvalue weighted by molar-refractivity contribution is -0.109. The zero-order valence-electron chi connectivity index (χ0n) is 8.74. The van der Waals surface area contributed by atoms with E-state index in [4.69, 9.17) is 0 Å². The number of hydrogen-bond acceptors (Lipinski definition) is 3. The van der Waals surface area contributed by atoms with Crippen LogP contribution in [0.1, 0.15) is 24.2 Å². The Hall–Kier alpha value is -1.29. The molecular formula is C11H13NO2S. The highest BCUT2D eigenvalue weighted by molar-refractivity contribution is 8.13. The monoisotopic (exact) mass is 223 g/mol. The summed E-state index contributed by atoms with van der Waals surface area (Å²) in [6.07, 6.45) is 0. The van der Waals surface area contributed by atoms with Crippen molar-refractivity contribution in [1.82, 2.24) is 5.32 Å². The zero-order chi connectivity index (χ0) is 11.3. The van der Waals surface area contributed by atoms with Crippen LogP contribution in [0.3, 0.4) is 0 Å². The third-order valence-electron chi connectivity index (χ3n) is 1.72. The molecule has 0 radical (unpaired) electrons. The summed E-state index contributed by atoms with van der Waals surface area (Å²) in [5.74, 6) is -0.137. The van der Waals surface area contributed by atoms with Crippen LogP contribution in [-0.4, -0.2) is 17.6 Å². The van der Waals surface area contributed by atoms with Crippen molar-refractivity contribution in [2.24, 2.45) is 0 Å². The van der Waals surface area contributed by atoms with Gasteiger partial charge >= 0.3 is 0 Å². The Morgan fingerprint density at radius 1 is 1.33 bits per heavy atom. The molecule has 1 rings (SSSR count). The van der Waals surface area contributed by atoms with Crippen molar-refractivity contribution in [2.75, 3.05) is 6.54 Å². The standard InChI is InChI=1S/C11H13NO2S/c1-3-12-11(14)9-6-4-5-7-10(9)15-8(2)13/h4-7H,3H2,1-2H3,(H,12,14). The van der Waals surface area contributed by atoms with Crippen molar-refractivity contribution in [3.05, 3.63) is 29.8 Å². The van der Waals surface area contributed by atoms with Crippen molar-refractivity contribution in [2.45, 2.75) is 18.7 Å². The summed E-state index contributed by atoms with van der Waals surface area (Å²) < 4.78 is 0. The van der Waals surface area contributed by atoms with Gasteiger partial charge in [-0.15, -0.1) is 0 Å². The molecule has 80 valence electrons. The largest absolute Gasteiger partial charge is 0.352 e. The summed E-state index contributed by atoms with van der Waals surface area (Å²) in [5.41, 5.74) is 0.555. The maximum Gasteiger partial charge on any atom is 0.252 e. The van der Waals surface area contributed by atoms with Crippen LogP contribution < -0.4 is 5.32 Å². The van der Waals surface area contributed by atoms with Gasteiger partial charge in [-0.3, -0.25) is 9.59 Å². The number of benzene rings is 1. The normalized spacial score (nSPS) is 9.73. The summed E-state index contributed by atoms with van der Waals surface area (Å²) in [5, 5.41) is 2.69. The van der Waals surface area contributed by atoms with E-state index in [0.717, 1.165) is 11.8 Å². The first kappa shape index (κ1) is 11.8. The van der Waals surface area contributed by atoms with E-state index in [0.29, 0.717) is 17.0 Å². The molecule has 1 aromatic carbocycles. The van der Waals surface area contributed by atoms with Gasteiger partial charge in [0.1, 0.15) is 0 Å². The van der Waals surface area contributed by atoms with Crippen LogP contribution in [0.5, 0.6) is 0 Å². The summed E-state index contributed by atoms with van der Waals surface area (Å²) in [6.45, 7) is 3.93. The molecule has 3 nitrogen and oxygen atoms in total. The van der Waals surface area contributed by atoms with Gasteiger partial charge in [0.15, 0.2) is 5.12 Å². The van der Waals surface area contributed by atoms with Crippen molar-refractivity contribution in [3.63, 3.8) is 0 Å². The molecule has 1 N–H and O–H groups in total. The highest BCUT2D eigenvalue weighted by atomic mass is 32.2. The van der Waals surface area contributed by atoms with Crippen LogP contribution in [0.15, 0.2) is 29.2 Å². The first-order chi connectivity index (χ1) is 7.15. The summed E-state index contributed by atoms with van der Waals surface area (Å²) in [6, 6.07) is 7.09. The first-order valence-corrected chi connectivity index (χ1v) is 5.52. The van der Waals surface area contributed by atoms with Crippen LogP contribution in [-0.2, 0) is 4.79 Å². The lowest BCUT2D eigenvalue weighted by atomic mass is 10.2. The highest BCUT2D eigenvalue weighted by Crippen LogP contribution is 2.22. The number of rotatable bonds is 3. The molecule has 0 heterocycles. The zero-order valence-corrected chi connectivity index (χ0v) is 9.56. The lowest BCUT2D eigenvalue weighted by Crippen LogP contribution is -2.23. The van der Waals surface area contributed by atoms with E-state index in [1.807, 2.05) is 13.0 Å². The Labute approximate surface area is 93.3 Å². The van der Waals surface area contributed by atoms with Crippen molar-refractivity contribution < 1.29 is 9.59 Å². The first-order valence-electron chi connectivity index (χ1n) is 4.70. The Morgan fingerprint density at radius 3 is 2.60 bits per heavy atom. The van der Waals surface area contributed by atoms with Gasteiger partial charge in [-0.25, -0.2) is 0 Å². The average molecular weight is 223 g/mol. The Kier molecular flexibility index (Phi) is 4.37. The van der Waals surface area contributed by atoms with Crippen molar-refractivity contribution in [3.8, 4) is 0 Å². The minimum Gasteiger partial charge on any atom is -0.352 e. The molecule has 0 saturated carbocycles. The maximum absolute atomic E-state index is 11.6. The van der Waals surface area contributed by atoms with E-state index in [-0.39, 0.29) is 11.0 Å². The second-order valence-electron chi connectivity index (χ2n) is 2.95. The predicted octanol–water partition coefficient (Wildman–Crippen LogP) is 2.07. The Balaban J connectivity index is 2.95. The SMILES string of the molecule is CCNC(=O)c1ccccc1SC(C)=O. The summed E-state index contributed by atoms with van der Waals surface area (Å²) in [4.78, 5) is 23.3. The molecule has 15 heavy (non-hydrogen) atoms. The van der Waals surface area contributed by atoms with Crippen LogP contribution in [0.2, 0.25) is 0 Å². The van der Waals surface area contributed by atoms with E-state index in [1.165, 1.54) is 6.92 Å². The molecule has 0 bridgehead atoms. The molecule has 4 heteroatoms. The molecule has 0 aromatic heterocycles. The van der Waals surface area contributed by atoms with E-state index in [9.17, 15) is 9.59 Å². The molecular weight excluding hydrogens is 210 g/mol. The molecule has 1 aromatic rings. The molecule has 0 aliphatic rings. The molecule has 0 spiro atoms. The number of carbonyl (C=O) groups excluding carboxylic acids is 2. The number of nitrogens with one attached hydrogen (secondary N) is 1. The van der Waals surface area contributed by atoms with Gasteiger partial charge < -0.3 is 5.32 Å². The van der Waals surface area contributed by atoms with Gasteiger partial charge in [-0.2, -0.15) is 0 Å². The quantitative estimate of drug-likeness (QED) is 0.798. The van der Waals surface area contributed by atoms with Gasteiger partial charge in [0.25, 0.3) is 5.91 Å². The van der Waals surface area contributed by atoms with E-state index in [1.54, 1.807) is 18.2 Å². The molecule has 0 atom stereocenters. The van der Waals surface area contributed by atoms with Crippen molar-refractivity contribution >= 4 is 22.8 Å². The fraction of sp³-hybridized carbons (Fsp3) is 0.273. The van der Waals surface area contributed by atoms with Crippen LogP contribution >= 0.6 is 11.8 Å². The molecule has 0 aliphatic heterocycles. The molecule has 0 unspecified atom stereocenters. The third kappa shape index (κ3) is 3.40. The average Bonchev–Trinajstić information content (AvgIpc) is 2.18. The molecule has 0 saturated heterocycles. The van der Waals surface area contributed by atoms with Gasteiger partial charge in [-0.05, 0) is 19.1 Å². The Bertz CT molecular complexity index is 377. The predicted molar refractivity (Wildman–Crippen MR) is 61.0 cm³/mol. The fourth-order valence-electron chi connectivity index (χ4n) is 1.15. The maximum atomic E-state index is 11.6. The smallest absolute Gasteiger partial charge is 0.252 e. The second kappa shape index (κ2) is 5.56. The minimum atomic E-state index is -0.137. The van der Waals surface area contributed by atoms with Gasteiger partial charge in [0.05, 0.1) is 5.56 Å². The number of carbonyl (C=O) groups is 2. The highest BCUT2D eigenvalue weighted by Gasteiger charge is 2.11. The number of thioether (sulfide) groups is 1. The summed E-state index contributed by atoms with van der Waals surface area (Å²) >= 11 is 1.08. The molecule has 0 fully saturated rings. The van der Waals surface area contributed by atoms with E-state index >= 15 is 0 Å². The minimum absolute atomic E-state index is 0.0215. The van der Waals surface area contributed by atoms with Gasteiger partial charge in [0, 0.05) is 18.4 Å². The van der Waals surface area contributed by atoms with Crippen LogP contribution in [0.25, 0.3) is 0 Å². The van der Waals surface area contributed by atoms with Crippen molar-refractivity contribution in [1.29, 1.82) is 0 Å². The molecule has 0 aliphatic carbocycles. The van der Waals surface area contributed by atoms with Crippen LogP contribution in [0.4, 0.5) is 0 Å². The Morgan fingerprint density at radius 2 is 2.00 bits per heavy atom. The van der Waals surface area contributed by atoms with Gasteiger partial charge in [0.2, 0.25) is 0 Å². The van der Waals surface area contributed by atoms with Gasteiger partial charge in [-0.1, -0.05) is 23.9 Å². The van der Waals surface area contributed by atoms with Crippen LogP contribution in [0, 0.1) is 0 Å². The van der Waals surface area contributed by atoms with E-state index < -0.39 is 0 Å². The lowest BCUT2D eigenvalue weighted by Gasteiger charge is -2.06. The molecule has 1 amide bonds. The fourth-order valence-corrected chi connectivity index (χ4v) is 1.88. The summed E-state index contributed by atoms with van der Waals surface area (Å²) in [7, 11) is 0. The number of hydrogen-bond donors (Lipinski definition) is 1. The topological polar surface area (TPSA) is 46.2 Å². The second-order valence-corrected chi connectivity index (χ2v) is 4.17. The number of amides is 1. The third-order valence-corrected chi connectivity index (χ3v) is 2.59. The van der Waals surface area contributed by atoms with E-state index in [2.05, 4.69) is 5.32 Å².